The zero-order chi connectivity index (χ0) is 37.1. The van der Waals surface area contributed by atoms with Crippen LogP contribution in [0.2, 0.25) is 0 Å². The number of oxazole rings is 1. The SMILES string of the molecule is NC1CCC(N(C(=O)O)c2cc(CCCn3c(=O)oc4ccc(CNC[C@H](O)c5ccc(O)c6[nH]c(=O)ccc56)cc43)ccc2-c2ccccc2)CC1. The number of nitrogens with one attached hydrogen (secondary N) is 2. The molecule has 6 aromatic rings. The second-order valence-electron chi connectivity index (χ2n) is 13.8. The van der Waals surface area contributed by atoms with Crippen LogP contribution >= 0.6 is 0 Å². The molecule has 7 rings (SSSR count). The Morgan fingerprint density at radius 2 is 1.74 bits per heavy atom. The van der Waals surface area contributed by atoms with Crippen molar-refractivity contribution in [2.45, 2.75) is 69.8 Å². The predicted molar refractivity (Wildman–Crippen MR) is 204 cm³/mol. The number of anilines is 1. The molecule has 1 atom stereocenters. The number of nitrogens with two attached hydrogens (primary N) is 1. The molecule has 0 aliphatic heterocycles. The number of phenols is 1. The summed E-state index contributed by atoms with van der Waals surface area (Å²) in [6, 6.07) is 27.2. The fraction of sp³-hybridized carbons (Fsp3) is 0.293. The van der Waals surface area contributed by atoms with Crippen molar-refractivity contribution in [2.75, 3.05) is 11.4 Å². The van der Waals surface area contributed by atoms with Crippen LogP contribution in [0, 0.1) is 0 Å². The Labute approximate surface area is 305 Å². The van der Waals surface area contributed by atoms with Gasteiger partial charge in [0, 0.05) is 48.7 Å². The number of aryl methyl sites for hydroxylation is 2. The first-order chi connectivity index (χ1) is 25.7. The molecule has 1 aliphatic rings. The van der Waals surface area contributed by atoms with E-state index >= 15 is 0 Å². The van der Waals surface area contributed by atoms with Crippen molar-refractivity contribution in [1.82, 2.24) is 14.9 Å². The Balaban J connectivity index is 1.05. The van der Waals surface area contributed by atoms with E-state index in [1.807, 2.05) is 60.7 Å². The summed E-state index contributed by atoms with van der Waals surface area (Å²) in [6.45, 7) is 1.01. The molecular weight excluding hydrogens is 674 g/mol. The van der Waals surface area contributed by atoms with E-state index in [1.165, 1.54) is 17.0 Å². The third kappa shape index (κ3) is 7.75. The molecule has 0 spiro atoms. The Bertz CT molecular complexity index is 2360. The number of H-pyrrole nitrogens is 1. The maximum absolute atomic E-state index is 12.9. The van der Waals surface area contributed by atoms with Crippen LogP contribution in [0.15, 0.2) is 105 Å². The first-order valence-corrected chi connectivity index (χ1v) is 18.0. The van der Waals surface area contributed by atoms with Gasteiger partial charge in [-0.15, -0.1) is 0 Å². The van der Waals surface area contributed by atoms with Gasteiger partial charge in [0.1, 0.15) is 5.75 Å². The van der Waals surface area contributed by atoms with E-state index in [-0.39, 0.29) is 35.5 Å². The zero-order valence-corrected chi connectivity index (χ0v) is 29.2. The molecule has 1 aliphatic carbocycles. The van der Waals surface area contributed by atoms with Crippen molar-refractivity contribution in [2.24, 2.45) is 5.73 Å². The minimum Gasteiger partial charge on any atom is -0.506 e. The van der Waals surface area contributed by atoms with Crippen LogP contribution in [0.5, 0.6) is 5.75 Å². The first-order valence-electron chi connectivity index (χ1n) is 18.0. The number of hydrogen-bond donors (Lipinski definition) is 6. The summed E-state index contributed by atoms with van der Waals surface area (Å²) in [5.74, 6) is -0.525. The molecule has 12 nitrogen and oxygen atoms in total. The molecule has 1 saturated carbocycles. The lowest BCUT2D eigenvalue weighted by Crippen LogP contribution is -2.44. The summed E-state index contributed by atoms with van der Waals surface area (Å²) in [7, 11) is 0. The third-order valence-corrected chi connectivity index (χ3v) is 10.2. The molecule has 1 amide bonds. The highest BCUT2D eigenvalue weighted by molar-refractivity contribution is 5.94. The summed E-state index contributed by atoms with van der Waals surface area (Å²) < 4.78 is 7.17. The van der Waals surface area contributed by atoms with Gasteiger partial charge in [-0.1, -0.05) is 54.6 Å². The summed E-state index contributed by atoms with van der Waals surface area (Å²) >= 11 is 0. The van der Waals surface area contributed by atoms with Gasteiger partial charge in [0.15, 0.2) is 5.58 Å². The Kier molecular flexibility index (Phi) is 10.4. The Morgan fingerprint density at radius 3 is 2.51 bits per heavy atom. The van der Waals surface area contributed by atoms with Gasteiger partial charge >= 0.3 is 11.8 Å². The molecule has 4 aromatic carbocycles. The lowest BCUT2D eigenvalue weighted by atomic mass is 9.89. The number of aliphatic hydroxyl groups is 1. The van der Waals surface area contributed by atoms with E-state index < -0.39 is 18.0 Å². The molecule has 0 bridgehead atoms. The van der Waals surface area contributed by atoms with E-state index in [0.717, 1.165) is 35.1 Å². The molecule has 2 heterocycles. The van der Waals surface area contributed by atoms with Crippen molar-refractivity contribution < 1.29 is 24.5 Å². The van der Waals surface area contributed by atoms with E-state index in [9.17, 15) is 29.7 Å². The van der Waals surface area contributed by atoms with Crippen molar-refractivity contribution in [3.05, 3.63) is 129 Å². The summed E-state index contributed by atoms with van der Waals surface area (Å²) in [4.78, 5) is 41.6. The monoisotopic (exact) mass is 717 g/mol. The zero-order valence-electron chi connectivity index (χ0n) is 29.2. The maximum atomic E-state index is 12.9. The number of carbonyl (C=O) groups is 1. The van der Waals surface area contributed by atoms with Gasteiger partial charge in [-0.3, -0.25) is 14.3 Å². The van der Waals surface area contributed by atoms with E-state index in [4.69, 9.17) is 10.2 Å². The van der Waals surface area contributed by atoms with Gasteiger partial charge in [0.25, 0.3) is 0 Å². The Morgan fingerprint density at radius 1 is 0.962 bits per heavy atom. The first kappa shape index (κ1) is 35.7. The molecule has 1 fully saturated rings. The number of aromatic hydroxyl groups is 1. The molecular formula is C41H43N5O7. The number of nitrogens with zero attached hydrogens (tertiary/aromatic N) is 2. The van der Waals surface area contributed by atoms with Crippen LogP contribution in [0.1, 0.15) is 54.9 Å². The molecule has 0 unspecified atom stereocenters. The number of amides is 1. The molecule has 7 N–H and O–H groups in total. The second-order valence-corrected chi connectivity index (χ2v) is 13.8. The number of hydrogen-bond acceptors (Lipinski definition) is 8. The fourth-order valence-electron chi connectivity index (χ4n) is 7.49. The van der Waals surface area contributed by atoms with Crippen LogP contribution in [0.3, 0.4) is 0 Å². The number of fused-ring (bicyclic) bond motifs is 2. The molecule has 0 saturated heterocycles. The number of benzene rings is 4. The van der Waals surface area contributed by atoms with E-state index in [2.05, 4.69) is 10.3 Å². The molecule has 0 radical (unpaired) electrons. The maximum Gasteiger partial charge on any atom is 0.419 e. The average Bonchev–Trinajstić information content (AvgIpc) is 3.47. The highest BCUT2D eigenvalue weighted by Crippen LogP contribution is 2.36. The highest BCUT2D eigenvalue weighted by Gasteiger charge is 2.30. The predicted octanol–water partition coefficient (Wildman–Crippen LogP) is 6.02. The van der Waals surface area contributed by atoms with Crippen molar-refractivity contribution >= 4 is 33.8 Å². The lowest BCUT2D eigenvalue weighted by molar-refractivity contribution is 0.176. The summed E-state index contributed by atoms with van der Waals surface area (Å²) in [6.07, 6.45) is 2.31. The van der Waals surface area contributed by atoms with Crippen molar-refractivity contribution in [3.63, 3.8) is 0 Å². The van der Waals surface area contributed by atoms with Crippen LogP contribution < -0.4 is 27.3 Å². The average molecular weight is 718 g/mol. The molecule has 53 heavy (non-hydrogen) atoms. The third-order valence-electron chi connectivity index (χ3n) is 10.2. The van der Waals surface area contributed by atoms with Crippen LogP contribution in [-0.2, 0) is 19.5 Å². The topological polar surface area (TPSA) is 187 Å². The second kappa shape index (κ2) is 15.5. The van der Waals surface area contributed by atoms with Gasteiger partial charge in [0.2, 0.25) is 5.56 Å². The number of rotatable bonds is 12. The van der Waals surface area contributed by atoms with E-state index in [1.54, 1.807) is 22.8 Å². The van der Waals surface area contributed by atoms with Gasteiger partial charge < -0.3 is 35.8 Å². The molecule has 2 aromatic heterocycles. The van der Waals surface area contributed by atoms with Gasteiger partial charge in [-0.2, -0.15) is 0 Å². The lowest BCUT2D eigenvalue weighted by Gasteiger charge is -2.35. The van der Waals surface area contributed by atoms with Crippen LogP contribution in [0.4, 0.5) is 10.5 Å². The largest absolute Gasteiger partial charge is 0.506 e. The minimum atomic E-state index is -0.984. The normalized spacial score (nSPS) is 16.6. The van der Waals surface area contributed by atoms with Crippen molar-refractivity contribution in [3.8, 4) is 16.9 Å². The van der Waals surface area contributed by atoms with Crippen molar-refractivity contribution in [1.29, 1.82) is 0 Å². The highest BCUT2D eigenvalue weighted by atomic mass is 16.4. The number of aliphatic hydroxyl groups excluding tert-OH is 1. The number of aromatic amines is 1. The van der Waals surface area contributed by atoms with Gasteiger partial charge in [-0.25, -0.2) is 9.59 Å². The molecule has 12 heteroatoms. The van der Waals surface area contributed by atoms with Crippen LogP contribution in [-0.4, -0.2) is 49.6 Å². The van der Waals surface area contributed by atoms with Gasteiger partial charge in [-0.05, 0) is 91.1 Å². The number of pyridine rings is 1. The minimum absolute atomic E-state index is 0.0720. The van der Waals surface area contributed by atoms with E-state index in [0.29, 0.717) is 66.5 Å². The number of phenolic OH excluding ortho intramolecular Hbond substituents is 1. The Hall–Kier alpha value is -5.69. The standard InChI is InChI=1S/C41H43N5O7/c42-28-10-12-29(13-11-28)46(40(50)51)33-21-25(8-14-30(33)27-6-2-1-3-7-27)5-4-20-45-34-22-26(9-18-37(34)53-41(45)52)23-43-24-36(48)31-15-17-35(47)39-32(31)16-19-38(49)44-39/h1-3,6-9,14-19,21-22,28-29,36,43,47-48H,4-5,10-13,20,23-24,42H2,(H,44,49)(H,50,51)/t28?,29?,36-/m0/s1. The van der Waals surface area contributed by atoms with Gasteiger partial charge in [0.05, 0.1) is 22.8 Å². The fourth-order valence-corrected chi connectivity index (χ4v) is 7.49. The van der Waals surface area contributed by atoms with Crippen LogP contribution in [0.25, 0.3) is 33.1 Å². The quantitative estimate of drug-likeness (QED) is 0.0880. The summed E-state index contributed by atoms with van der Waals surface area (Å²) in [5, 5.41) is 35.4. The smallest absolute Gasteiger partial charge is 0.419 e. The summed E-state index contributed by atoms with van der Waals surface area (Å²) in [5.41, 5.74) is 12.1. The number of aromatic nitrogens is 2. The molecule has 274 valence electrons. The number of carboxylic acid groups (broad SMARTS) is 1.